The van der Waals surface area contributed by atoms with Gasteiger partial charge in [0.25, 0.3) is 0 Å². The quantitative estimate of drug-likeness (QED) is 0.0211. The standard InChI is InChI=1S/C86H142NO8P/c1-6-8-10-12-14-16-18-20-22-24-26-28-30-32-34-36-38-39-40-41-42-43-44-45-46-47-49-51-53-55-57-59-61-63-65-67-69-71-73-75-77-79-86(89)95-84(83-94-96(90,91)93-81-80-87(3,4)5)82-92-85(88)78-76-74-72-70-68-66-64-62-60-58-56-54-52-50-48-37-35-33-31-29-27-25-23-21-19-17-15-13-11-9-7-2/h8-11,14-17,20-23,26-29,32,34,38-39,41-42,44-45,47,49,53,55,59,61,84H,6-7,12-13,18-19,24-25,30-31,33,35-37,40,43,46,48,50-52,54,56-58,60,62-83H2,1-5H3/p+1/b10-8-,11-9-,16-14-,17-15-,22-20-,23-21-,28-26-,29-27-,34-32-,39-38-,42-41-,45-44-,49-47-,55-53-,61-59-. The van der Waals surface area contributed by atoms with Gasteiger partial charge in [0.15, 0.2) is 6.10 Å². The second-order valence-electron chi connectivity index (χ2n) is 26.3. The number of likely N-dealkylation sites (N-methyl/N-ethyl adjacent to an activating group) is 1. The molecule has 0 aliphatic heterocycles. The van der Waals surface area contributed by atoms with Gasteiger partial charge in [0, 0.05) is 12.8 Å². The van der Waals surface area contributed by atoms with Gasteiger partial charge < -0.3 is 18.9 Å². The van der Waals surface area contributed by atoms with Crippen molar-refractivity contribution >= 4 is 19.8 Å². The first-order chi connectivity index (χ1) is 47.0. The molecule has 0 aromatic rings. The van der Waals surface area contributed by atoms with Crippen LogP contribution in [0.2, 0.25) is 0 Å². The number of hydrogen-bond acceptors (Lipinski definition) is 7. The Morgan fingerprint density at radius 2 is 0.562 bits per heavy atom. The van der Waals surface area contributed by atoms with Crippen LogP contribution in [0.15, 0.2) is 182 Å². The van der Waals surface area contributed by atoms with Gasteiger partial charge in [-0.2, -0.15) is 0 Å². The van der Waals surface area contributed by atoms with Crippen LogP contribution in [0.4, 0.5) is 0 Å². The second-order valence-corrected chi connectivity index (χ2v) is 27.7. The van der Waals surface area contributed by atoms with Crippen molar-refractivity contribution in [1.82, 2.24) is 0 Å². The molecule has 0 spiro atoms. The Kier molecular flexibility index (Phi) is 70.5. The summed E-state index contributed by atoms with van der Waals surface area (Å²) in [6.45, 7) is 4.20. The highest BCUT2D eigenvalue weighted by molar-refractivity contribution is 7.47. The van der Waals surface area contributed by atoms with Crippen molar-refractivity contribution < 1.29 is 42.1 Å². The zero-order valence-electron chi connectivity index (χ0n) is 62.0. The maximum absolute atomic E-state index is 12.9. The molecule has 0 aliphatic rings. The van der Waals surface area contributed by atoms with E-state index in [1.807, 2.05) is 21.1 Å². The molecule has 0 fully saturated rings. The van der Waals surface area contributed by atoms with Gasteiger partial charge in [-0.05, 0) is 135 Å². The van der Waals surface area contributed by atoms with E-state index >= 15 is 0 Å². The number of esters is 2. The van der Waals surface area contributed by atoms with Crippen LogP contribution in [-0.2, 0) is 32.7 Å². The van der Waals surface area contributed by atoms with Crippen molar-refractivity contribution in [3.63, 3.8) is 0 Å². The molecule has 0 aromatic heterocycles. The van der Waals surface area contributed by atoms with Gasteiger partial charge in [0.2, 0.25) is 0 Å². The van der Waals surface area contributed by atoms with Gasteiger partial charge in [0.05, 0.1) is 27.7 Å². The van der Waals surface area contributed by atoms with E-state index in [0.29, 0.717) is 17.4 Å². The Bertz CT molecular complexity index is 2280. The largest absolute Gasteiger partial charge is 0.472 e. The fraction of sp³-hybridized carbons (Fsp3) is 0.628. The van der Waals surface area contributed by atoms with Crippen molar-refractivity contribution in [3.05, 3.63) is 182 Å². The van der Waals surface area contributed by atoms with E-state index in [2.05, 4.69) is 196 Å². The molecule has 9 nitrogen and oxygen atoms in total. The zero-order valence-corrected chi connectivity index (χ0v) is 62.9. The first-order valence-corrected chi connectivity index (χ1v) is 40.0. The van der Waals surface area contributed by atoms with Crippen LogP contribution in [0.25, 0.3) is 0 Å². The molecule has 0 saturated carbocycles. The first kappa shape index (κ1) is 91.1. The molecule has 0 saturated heterocycles. The van der Waals surface area contributed by atoms with Gasteiger partial charge >= 0.3 is 19.8 Å². The molecule has 0 bridgehead atoms. The Morgan fingerprint density at radius 3 is 0.833 bits per heavy atom. The third-order valence-electron chi connectivity index (χ3n) is 15.9. The Labute approximate surface area is 591 Å². The monoisotopic (exact) mass is 1350 g/mol. The van der Waals surface area contributed by atoms with Gasteiger partial charge in [-0.15, -0.1) is 0 Å². The number of phosphoric ester groups is 1. The average Bonchev–Trinajstić information content (AvgIpc) is 2.54. The molecule has 2 atom stereocenters. The van der Waals surface area contributed by atoms with Crippen LogP contribution in [0, 0.1) is 0 Å². The van der Waals surface area contributed by atoms with E-state index in [4.69, 9.17) is 18.5 Å². The van der Waals surface area contributed by atoms with Crippen molar-refractivity contribution in [2.24, 2.45) is 0 Å². The summed E-state index contributed by atoms with van der Waals surface area (Å²) in [4.78, 5) is 36.0. The van der Waals surface area contributed by atoms with Gasteiger partial charge in [0.1, 0.15) is 19.8 Å². The summed E-state index contributed by atoms with van der Waals surface area (Å²) in [5.41, 5.74) is 0. The molecule has 96 heavy (non-hydrogen) atoms. The van der Waals surface area contributed by atoms with Gasteiger partial charge in [-0.3, -0.25) is 18.6 Å². The number of unbranched alkanes of at least 4 members (excludes halogenated alkanes) is 25. The molecule has 0 aliphatic carbocycles. The number of carbonyl (C=O) groups excluding carboxylic acids is 2. The fourth-order valence-electron chi connectivity index (χ4n) is 10.1. The highest BCUT2D eigenvalue weighted by atomic mass is 31.2. The lowest BCUT2D eigenvalue weighted by Crippen LogP contribution is -2.37. The summed E-state index contributed by atoms with van der Waals surface area (Å²) in [6.07, 6.45) is 114. The summed E-state index contributed by atoms with van der Waals surface area (Å²) in [6, 6.07) is 0. The Hall–Kier alpha value is -4.89. The van der Waals surface area contributed by atoms with E-state index in [1.165, 1.54) is 122 Å². The Morgan fingerprint density at radius 1 is 0.323 bits per heavy atom. The maximum Gasteiger partial charge on any atom is 0.472 e. The van der Waals surface area contributed by atoms with Crippen molar-refractivity contribution in [1.29, 1.82) is 0 Å². The first-order valence-electron chi connectivity index (χ1n) is 38.5. The van der Waals surface area contributed by atoms with Crippen LogP contribution in [-0.4, -0.2) is 74.9 Å². The van der Waals surface area contributed by atoms with E-state index in [1.54, 1.807) is 0 Å². The fourth-order valence-corrected chi connectivity index (χ4v) is 10.9. The van der Waals surface area contributed by atoms with E-state index < -0.39 is 26.5 Å². The van der Waals surface area contributed by atoms with Crippen LogP contribution in [0.3, 0.4) is 0 Å². The summed E-state index contributed by atoms with van der Waals surface area (Å²) >= 11 is 0. The molecule has 10 heteroatoms. The third kappa shape index (κ3) is 78.1. The number of ether oxygens (including phenoxy) is 2. The molecular formula is C86H143NO8P+. The maximum atomic E-state index is 12.9. The second kappa shape index (κ2) is 74.3. The number of rotatable bonds is 69. The molecule has 0 radical (unpaired) electrons. The minimum atomic E-state index is -4.41. The predicted molar refractivity (Wildman–Crippen MR) is 417 cm³/mol. The SMILES string of the molecule is CC/C=C\C/C=C\C/C=C\C/C=C\C/C=C\C/C=C\C/C=C\C/C=C\C/C=C\C/C=C\C/C=C\CCCCCCCCCC(=O)OC(COC(=O)CCCCCCCCCCCCCCCCCCCC/C=C\C/C=C\C/C=C\C/C=C\CC)COP(=O)(O)OCC[N+](C)(C)C. The molecule has 544 valence electrons. The molecule has 2 unspecified atom stereocenters. The normalized spacial score (nSPS) is 14.1. The van der Waals surface area contributed by atoms with E-state index in [0.717, 1.165) is 141 Å². The topological polar surface area (TPSA) is 108 Å². The molecule has 0 heterocycles. The van der Waals surface area contributed by atoms with E-state index in [9.17, 15) is 19.0 Å². The predicted octanol–water partition coefficient (Wildman–Crippen LogP) is 25.8. The molecule has 0 rings (SSSR count). The third-order valence-corrected chi connectivity index (χ3v) is 16.9. The summed E-state index contributed by atoms with van der Waals surface area (Å²) < 4.78 is 34.8. The van der Waals surface area contributed by atoms with Crippen LogP contribution in [0.1, 0.15) is 296 Å². The summed E-state index contributed by atoms with van der Waals surface area (Å²) in [5.74, 6) is -0.813. The molecular weight excluding hydrogens is 1210 g/mol. The van der Waals surface area contributed by atoms with Crippen molar-refractivity contribution in [3.8, 4) is 0 Å². The Balaban J connectivity index is 4.09. The highest BCUT2D eigenvalue weighted by Gasteiger charge is 2.27. The number of quaternary nitrogens is 1. The summed E-state index contributed by atoms with van der Waals surface area (Å²) in [5, 5.41) is 0. The zero-order chi connectivity index (χ0) is 69.7. The highest BCUT2D eigenvalue weighted by Crippen LogP contribution is 2.43. The van der Waals surface area contributed by atoms with Crippen LogP contribution < -0.4 is 0 Å². The van der Waals surface area contributed by atoms with Crippen molar-refractivity contribution in [2.75, 3.05) is 47.5 Å². The lowest BCUT2D eigenvalue weighted by atomic mass is 10.0. The minimum Gasteiger partial charge on any atom is -0.462 e. The van der Waals surface area contributed by atoms with Crippen molar-refractivity contribution in [2.45, 2.75) is 302 Å². The van der Waals surface area contributed by atoms with Gasteiger partial charge in [-0.25, -0.2) is 4.57 Å². The molecule has 0 aromatic carbocycles. The number of allylic oxidation sites excluding steroid dienone is 30. The lowest BCUT2D eigenvalue weighted by molar-refractivity contribution is -0.870. The lowest BCUT2D eigenvalue weighted by Gasteiger charge is -2.24. The molecule has 1 N–H and O–H groups in total. The average molecular weight is 1350 g/mol. The molecule has 0 amide bonds. The summed E-state index contributed by atoms with van der Waals surface area (Å²) in [7, 11) is 1.45. The smallest absolute Gasteiger partial charge is 0.462 e. The number of carbonyl (C=O) groups is 2. The number of phosphoric acid groups is 1. The van der Waals surface area contributed by atoms with Crippen LogP contribution >= 0.6 is 7.82 Å². The number of hydrogen-bond donors (Lipinski definition) is 1. The number of nitrogens with zero attached hydrogens (tertiary/aromatic N) is 1. The van der Waals surface area contributed by atoms with Crippen LogP contribution in [0.5, 0.6) is 0 Å². The van der Waals surface area contributed by atoms with E-state index in [-0.39, 0.29) is 32.0 Å². The minimum absolute atomic E-state index is 0.0217. The van der Waals surface area contributed by atoms with Gasteiger partial charge in [-0.1, -0.05) is 331 Å².